The van der Waals surface area contributed by atoms with E-state index in [1.165, 1.54) is 12.1 Å². The van der Waals surface area contributed by atoms with Crippen molar-refractivity contribution in [3.05, 3.63) is 28.0 Å². The molecule has 1 heterocycles. The van der Waals surface area contributed by atoms with Gasteiger partial charge >= 0.3 is 5.88 Å². The summed E-state index contributed by atoms with van der Waals surface area (Å²) < 4.78 is 4.92. The summed E-state index contributed by atoms with van der Waals surface area (Å²) in [5.41, 5.74) is 0. The molecular weight excluding hydrogens is 252 g/mol. The first-order valence-corrected chi connectivity index (χ1v) is 6.29. The lowest BCUT2D eigenvalue weighted by atomic mass is 10.2. The number of carbonyl (C=O) groups is 1. The summed E-state index contributed by atoms with van der Waals surface area (Å²) in [4.78, 5) is 23.7. The molecule has 7 heteroatoms. The normalized spacial score (nSPS) is 15.6. The van der Waals surface area contributed by atoms with Crippen LogP contribution in [0.1, 0.15) is 36.2 Å². The van der Waals surface area contributed by atoms with Crippen molar-refractivity contribution in [3.8, 4) is 0 Å². The summed E-state index contributed by atoms with van der Waals surface area (Å²) in [7, 11) is 0. The van der Waals surface area contributed by atoms with Gasteiger partial charge in [0.2, 0.25) is 0 Å². The van der Waals surface area contributed by atoms with E-state index in [0.29, 0.717) is 0 Å². The van der Waals surface area contributed by atoms with E-state index in [1.807, 2.05) is 0 Å². The van der Waals surface area contributed by atoms with Crippen molar-refractivity contribution in [1.82, 2.24) is 4.90 Å². The first-order valence-electron chi connectivity index (χ1n) is 6.29. The van der Waals surface area contributed by atoms with Crippen molar-refractivity contribution < 1.29 is 19.2 Å². The van der Waals surface area contributed by atoms with E-state index >= 15 is 0 Å². The molecule has 0 spiro atoms. The van der Waals surface area contributed by atoms with Gasteiger partial charge in [0.1, 0.15) is 4.92 Å². The number of carbonyl (C=O) groups excluding carboxylic acids is 1. The second-order valence-electron chi connectivity index (χ2n) is 4.56. The third-order valence-corrected chi connectivity index (χ3v) is 3.35. The van der Waals surface area contributed by atoms with Gasteiger partial charge in [-0.3, -0.25) is 14.9 Å². The van der Waals surface area contributed by atoms with Crippen LogP contribution in [0.25, 0.3) is 0 Å². The zero-order valence-corrected chi connectivity index (χ0v) is 10.4. The van der Waals surface area contributed by atoms with Crippen LogP contribution in [-0.2, 0) is 0 Å². The highest BCUT2D eigenvalue weighted by Gasteiger charge is 2.29. The van der Waals surface area contributed by atoms with Gasteiger partial charge in [-0.1, -0.05) is 12.8 Å². The Morgan fingerprint density at radius 3 is 2.68 bits per heavy atom. The highest BCUT2D eigenvalue weighted by atomic mass is 16.6. The quantitative estimate of drug-likeness (QED) is 0.645. The third-order valence-electron chi connectivity index (χ3n) is 3.35. The SMILES string of the molecule is O=C(c1ccc([N+](=O)[O-])o1)N(CCO)C1CCCC1. The van der Waals surface area contributed by atoms with Crippen LogP contribution in [0.15, 0.2) is 16.5 Å². The summed E-state index contributed by atoms with van der Waals surface area (Å²) in [5.74, 6) is -0.889. The molecule has 1 aliphatic rings. The zero-order chi connectivity index (χ0) is 13.8. The van der Waals surface area contributed by atoms with E-state index in [1.54, 1.807) is 4.90 Å². The van der Waals surface area contributed by atoms with Crippen LogP contribution in [0, 0.1) is 10.1 Å². The second-order valence-corrected chi connectivity index (χ2v) is 4.56. The molecule has 1 aromatic rings. The van der Waals surface area contributed by atoms with Crippen LogP contribution in [0.5, 0.6) is 0 Å². The predicted molar refractivity (Wildman–Crippen MR) is 65.7 cm³/mol. The van der Waals surface area contributed by atoms with Crippen molar-refractivity contribution in [1.29, 1.82) is 0 Å². The molecule has 0 aliphatic heterocycles. The smallest absolute Gasteiger partial charge is 0.395 e. The van der Waals surface area contributed by atoms with Crippen LogP contribution >= 0.6 is 0 Å². The minimum Gasteiger partial charge on any atom is -0.395 e. The fourth-order valence-corrected chi connectivity index (χ4v) is 2.46. The van der Waals surface area contributed by atoms with Gasteiger partial charge < -0.3 is 14.4 Å². The number of nitro groups is 1. The fraction of sp³-hybridized carbons (Fsp3) is 0.583. The maximum atomic E-state index is 12.3. The maximum Gasteiger partial charge on any atom is 0.433 e. The van der Waals surface area contributed by atoms with Gasteiger partial charge in [0.25, 0.3) is 5.91 Å². The minimum absolute atomic E-state index is 0.0490. The van der Waals surface area contributed by atoms with Gasteiger partial charge in [-0.2, -0.15) is 0 Å². The number of nitrogens with zero attached hydrogens (tertiary/aromatic N) is 2. The molecule has 7 nitrogen and oxygen atoms in total. The number of amides is 1. The monoisotopic (exact) mass is 268 g/mol. The molecule has 1 aliphatic carbocycles. The molecule has 1 amide bonds. The largest absolute Gasteiger partial charge is 0.433 e. The number of aliphatic hydroxyl groups excluding tert-OH is 1. The molecule has 0 unspecified atom stereocenters. The first-order chi connectivity index (χ1) is 9.13. The van der Waals surface area contributed by atoms with Crippen LogP contribution in [-0.4, -0.2) is 40.0 Å². The molecule has 2 rings (SSSR count). The molecule has 0 atom stereocenters. The molecule has 1 saturated carbocycles. The Morgan fingerprint density at radius 2 is 2.16 bits per heavy atom. The molecule has 19 heavy (non-hydrogen) atoms. The Bertz CT molecular complexity index is 464. The van der Waals surface area contributed by atoms with Crippen LogP contribution in [0.2, 0.25) is 0 Å². The highest BCUT2D eigenvalue weighted by molar-refractivity contribution is 5.92. The highest BCUT2D eigenvalue weighted by Crippen LogP contribution is 2.26. The van der Waals surface area contributed by atoms with Crippen LogP contribution in [0.3, 0.4) is 0 Å². The minimum atomic E-state index is -0.678. The average Bonchev–Trinajstić information content (AvgIpc) is 3.05. The van der Waals surface area contributed by atoms with Gasteiger partial charge in [0, 0.05) is 12.6 Å². The standard InChI is InChI=1S/C12H16N2O5/c15-8-7-13(9-3-1-2-4-9)12(16)10-5-6-11(19-10)14(17)18/h5-6,9,15H,1-4,7-8H2. The van der Waals surface area contributed by atoms with E-state index in [0.717, 1.165) is 25.7 Å². The molecule has 104 valence electrons. The summed E-state index contributed by atoms with van der Waals surface area (Å²) in [5, 5.41) is 19.6. The molecule has 0 radical (unpaired) electrons. The van der Waals surface area contributed by atoms with Gasteiger partial charge in [0.15, 0.2) is 5.76 Å². The molecular formula is C12H16N2O5. The number of aliphatic hydroxyl groups is 1. The van der Waals surface area contributed by atoms with Crippen molar-refractivity contribution in [2.45, 2.75) is 31.7 Å². The summed E-state index contributed by atoms with van der Waals surface area (Å²) in [6.07, 6.45) is 3.90. The van der Waals surface area contributed by atoms with Crippen LogP contribution < -0.4 is 0 Å². The Balaban J connectivity index is 2.15. The topological polar surface area (TPSA) is 96.8 Å². The van der Waals surface area contributed by atoms with E-state index in [4.69, 9.17) is 9.52 Å². The molecule has 1 fully saturated rings. The Hall–Kier alpha value is -1.89. The predicted octanol–water partition coefficient (Wildman–Crippen LogP) is 1.56. The van der Waals surface area contributed by atoms with Crippen molar-refractivity contribution in [3.63, 3.8) is 0 Å². The molecule has 0 aromatic carbocycles. The lowest BCUT2D eigenvalue weighted by molar-refractivity contribution is -0.402. The van der Waals surface area contributed by atoms with Crippen molar-refractivity contribution in [2.75, 3.05) is 13.2 Å². The second kappa shape index (κ2) is 5.83. The summed E-state index contributed by atoms with van der Waals surface area (Å²) >= 11 is 0. The lowest BCUT2D eigenvalue weighted by Gasteiger charge is -2.27. The van der Waals surface area contributed by atoms with Crippen molar-refractivity contribution in [2.24, 2.45) is 0 Å². The maximum absolute atomic E-state index is 12.3. The first kappa shape index (κ1) is 13.5. The number of hydrogen-bond acceptors (Lipinski definition) is 5. The van der Waals surface area contributed by atoms with E-state index in [9.17, 15) is 14.9 Å². The van der Waals surface area contributed by atoms with E-state index in [-0.39, 0.29) is 25.0 Å². The molecule has 1 aromatic heterocycles. The van der Waals surface area contributed by atoms with Crippen LogP contribution in [0.4, 0.5) is 5.88 Å². The molecule has 1 N–H and O–H groups in total. The summed E-state index contributed by atoms with van der Waals surface area (Å²) in [6.45, 7) is 0.0863. The number of hydrogen-bond donors (Lipinski definition) is 1. The average molecular weight is 268 g/mol. The summed E-state index contributed by atoms with van der Waals surface area (Å²) in [6, 6.07) is 2.56. The number of furan rings is 1. The lowest BCUT2D eigenvalue weighted by Crippen LogP contribution is -2.40. The van der Waals surface area contributed by atoms with Gasteiger partial charge in [-0.25, -0.2) is 0 Å². The van der Waals surface area contributed by atoms with Crippen molar-refractivity contribution >= 4 is 11.8 Å². The van der Waals surface area contributed by atoms with Gasteiger partial charge in [0.05, 0.1) is 12.7 Å². The Kier molecular flexibility index (Phi) is 4.16. The Morgan fingerprint density at radius 1 is 1.47 bits per heavy atom. The fourth-order valence-electron chi connectivity index (χ4n) is 2.46. The molecule has 0 bridgehead atoms. The third kappa shape index (κ3) is 2.93. The van der Waals surface area contributed by atoms with E-state index < -0.39 is 16.7 Å². The number of rotatable bonds is 5. The van der Waals surface area contributed by atoms with Gasteiger partial charge in [-0.05, 0) is 18.9 Å². The Labute approximate surface area is 110 Å². The zero-order valence-electron chi connectivity index (χ0n) is 10.4. The van der Waals surface area contributed by atoms with E-state index in [2.05, 4.69) is 0 Å². The van der Waals surface area contributed by atoms with Gasteiger partial charge in [-0.15, -0.1) is 0 Å². The molecule has 0 saturated heterocycles.